The summed E-state index contributed by atoms with van der Waals surface area (Å²) in [6.45, 7) is 5.50. The van der Waals surface area contributed by atoms with Crippen LogP contribution >= 0.6 is 24.8 Å². The first-order valence-electron chi connectivity index (χ1n) is 11.4. The van der Waals surface area contributed by atoms with Crippen molar-refractivity contribution >= 4 is 41.6 Å². The number of fused-ring (bicyclic) bond motifs is 3. The zero-order valence-electron chi connectivity index (χ0n) is 18.7. The van der Waals surface area contributed by atoms with E-state index in [0.717, 1.165) is 81.5 Å². The Hall–Kier alpha value is -2.15. The largest absolute Gasteiger partial charge is 0.337 e. The number of carbonyl (C=O) groups excluding carboxylic acids is 1. The molecule has 1 atom stereocenters. The van der Waals surface area contributed by atoms with Crippen LogP contribution in [-0.2, 0) is 13.0 Å². The highest BCUT2D eigenvalue weighted by molar-refractivity contribution is 6.05. The number of rotatable bonds is 5. The van der Waals surface area contributed by atoms with Gasteiger partial charge in [0.25, 0.3) is 5.91 Å². The number of halogens is 3. The van der Waals surface area contributed by atoms with Crippen molar-refractivity contribution in [2.45, 2.75) is 32.2 Å². The highest BCUT2D eigenvalue weighted by atomic mass is 35.5. The van der Waals surface area contributed by atoms with E-state index in [1.54, 1.807) is 0 Å². The summed E-state index contributed by atoms with van der Waals surface area (Å²) in [5.41, 5.74) is 2.82. The second-order valence-electron chi connectivity index (χ2n) is 8.88. The lowest BCUT2D eigenvalue weighted by Crippen LogP contribution is -2.43. The molecular formula is C25H31Cl2FN4O. The Balaban J connectivity index is 0.00000153. The standard InChI is InChI=1S/C25H29FN4O.2ClH/c26-21-10-8-19(9-11-21)12-16-28-13-3-5-20(17-28)18-29-14-4-15-30-24(25(29)31)22-6-1-2-7-23(22)27-30;;/h1-2,6-11,20H,3-5,12-18H2;2*1H. The molecular weight excluding hydrogens is 462 g/mol. The molecule has 5 rings (SSSR count). The molecule has 1 aromatic heterocycles. The monoisotopic (exact) mass is 492 g/mol. The summed E-state index contributed by atoms with van der Waals surface area (Å²) in [5, 5.41) is 5.62. The zero-order valence-corrected chi connectivity index (χ0v) is 20.3. The maximum atomic E-state index is 13.4. The van der Waals surface area contributed by atoms with Crippen molar-refractivity contribution in [3.8, 4) is 0 Å². The van der Waals surface area contributed by atoms with Gasteiger partial charge >= 0.3 is 0 Å². The summed E-state index contributed by atoms with van der Waals surface area (Å²) in [6.07, 6.45) is 4.20. The lowest BCUT2D eigenvalue weighted by atomic mass is 9.96. The Morgan fingerprint density at radius 2 is 1.76 bits per heavy atom. The number of nitrogens with zero attached hydrogens (tertiary/aromatic N) is 4. The lowest BCUT2D eigenvalue weighted by Gasteiger charge is -2.35. The van der Waals surface area contributed by atoms with Crippen LogP contribution in [0.2, 0.25) is 0 Å². The van der Waals surface area contributed by atoms with Crippen molar-refractivity contribution in [3.63, 3.8) is 0 Å². The summed E-state index contributed by atoms with van der Waals surface area (Å²) in [7, 11) is 0. The number of carbonyl (C=O) groups is 1. The zero-order chi connectivity index (χ0) is 21.2. The molecule has 1 fully saturated rings. The van der Waals surface area contributed by atoms with E-state index in [1.165, 1.54) is 17.7 Å². The first kappa shape index (κ1) is 25.5. The van der Waals surface area contributed by atoms with Gasteiger partial charge in [0.1, 0.15) is 11.5 Å². The molecule has 2 aliphatic heterocycles. The van der Waals surface area contributed by atoms with E-state index >= 15 is 0 Å². The van der Waals surface area contributed by atoms with Gasteiger partial charge < -0.3 is 9.80 Å². The Morgan fingerprint density at radius 3 is 2.58 bits per heavy atom. The maximum Gasteiger partial charge on any atom is 0.272 e. The van der Waals surface area contributed by atoms with Gasteiger partial charge in [-0.05, 0) is 61.9 Å². The van der Waals surface area contributed by atoms with Crippen molar-refractivity contribution in [2.24, 2.45) is 5.92 Å². The number of hydrogen-bond acceptors (Lipinski definition) is 3. The van der Waals surface area contributed by atoms with Crippen LogP contribution in [-0.4, -0.2) is 58.2 Å². The first-order valence-corrected chi connectivity index (χ1v) is 11.4. The third-order valence-corrected chi connectivity index (χ3v) is 6.65. The third-order valence-electron chi connectivity index (χ3n) is 6.65. The smallest absolute Gasteiger partial charge is 0.272 e. The molecule has 3 aromatic rings. The average molecular weight is 493 g/mol. The molecule has 0 spiro atoms. The van der Waals surface area contributed by atoms with Crippen LogP contribution in [0.3, 0.4) is 0 Å². The number of piperidine rings is 1. The molecule has 2 aliphatic rings. The van der Waals surface area contributed by atoms with Crippen LogP contribution in [0.15, 0.2) is 48.5 Å². The molecule has 2 aromatic carbocycles. The number of benzene rings is 2. The lowest BCUT2D eigenvalue weighted by molar-refractivity contribution is 0.0684. The van der Waals surface area contributed by atoms with Crippen LogP contribution in [0.25, 0.3) is 10.9 Å². The molecule has 178 valence electrons. The Kier molecular flexibility index (Phi) is 8.74. The summed E-state index contributed by atoms with van der Waals surface area (Å²) in [5.74, 6) is 0.430. The molecule has 5 nitrogen and oxygen atoms in total. The van der Waals surface area contributed by atoms with E-state index in [1.807, 2.05) is 41.1 Å². The number of amides is 1. The third kappa shape index (κ3) is 5.68. The van der Waals surface area contributed by atoms with Crippen LogP contribution in [0.4, 0.5) is 4.39 Å². The maximum absolute atomic E-state index is 13.4. The van der Waals surface area contributed by atoms with E-state index in [0.29, 0.717) is 5.92 Å². The molecule has 0 bridgehead atoms. The summed E-state index contributed by atoms with van der Waals surface area (Å²) >= 11 is 0. The molecule has 0 aliphatic carbocycles. The molecule has 0 radical (unpaired) electrons. The van der Waals surface area contributed by atoms with Crippen molar-refractivity contribution in [3.05, 3.63) is 65.6 Å². The van der Waals surface area contributed by atoms with Gasteiger partial charge in [0.2, 0.25) is 0 Å². The predicted molar refractivity (Wildman–Crippen MR) is 134 cm³/mol. The quantitative estimate of drug-likeness (QED) is 0.512. The fraction of sp³-hybridized carbons (Fsp3) is 0.440. The van der Waals surface area contributed by atoms with Crippen LogP contribution < -0.4 is 0 Å². The SMILES string of the molecule is Cl.Cl.O=C1c2c3ccccc3nn2CCCN1CC1CCCN(CCc2ccc(F)cc2)C1. The fourth-order valence-electron chi connectivity index (χ4n) is 5.06. The molecule has 0 N–H and O–H groups in total. The van der Waals surface area contributed by atoms with Gasteiger partial charge in [-0.15, -0.1) is 24.8 Å². The summed E-state index contributed by atoms with van der Waals surface area (Å²) in [4.78, 5) is 18.0. The van der Waals surface area contributed by atoms with Gasteiger partial charge in [-0.3, -0.25) is 9.48 Å². The number of hydrogen-bond donors (Lipinski definition) is 0. The van der Waals surface area contributed by atoms with Gasteiger partial charge in [-0.2, -0.15) is 5.10 Å². The number of likely N-dealkylation sites (tertiary alicyclic amines) is 1. The molecule has 8 heteroatoms. The molecule has 3 heterocycles. The van der Waals surface area contributed by atoms with E-state index < -0.39 is 0 Å². The molecule has 1 saturated heterocycles. The van der Waals surface area contributed by atoms with Gasteiger partial charge in [-0.25, -0.2) is 4.39 Å². The number of aryl methyl sites for hydroxylation is 1. The second kappa shape index (κ2) is 11.3. The predicted octanol–water partition coefficient (Wildman–Crippen LogP) is 4.82. The van der Waals surface area contributed by atoms with E-state index in [-0.39, 0.29) is 36.5 Å². The summed E-state index contributed by atoms with van der Waals surface area (Å²) < 4.78 is 15.0. The van der Waals surface area contributed by atoms with Crippen LogP contribution in [0, 0.1) is 11.7 Å². The Labute approximate surface area is 206 Å². The van der Waals surface area contributed by atoms with Gasteiger partial charge in [-0.1, -0.05) is 30.3 Å². The molecule has 33 heavy (non-hydrogen) atoms. The highest BCUT2D eigenvalue weighted by Crippen LogP contribution is 2.25. The molecule has 0 saturated carbocycles. The van der Waals surface area contributed by atoms with Gasteiger partial charge in [0.05, 0.1) is 5.52 Å². The molecule has 1 amide bonds. The average Bonchev–Trinajstić information content (AvgIpc) is 3.09. The minimum absolute atomic E-state index is 0. The van der Waals surface area contributed by atoms with Crippen molar-refractivity contribution in [1.82, 2.24) is 19.6 Å². The van der Waals surface area contributed by atoms with Crippen LogP contribution in [0.5, 0.6) is 0 Å². The fourth-order valence-corrected chi connectivity index (χ4v) is 5.06. The van der Waals surface area contributed by atoms with Gasteiger partial charge in [0, 0.05) is 38.1 Å². The highest BCUT2D eigenvalue weighted by Gasteiger charge is 2.29. The second-order valence-corrected chi connectivity index (χ2v) is 8.88. The Morgan fingerprint density at radius 1 is 0.970 bits per heavy atom. The minimum Gasteiger partial charge on any atom is -0.337 e. The van der Waals surface area contributed by atoms with E-state index in [4.69, 9.17) is 0 Å². The normalized spacial score (nSPS) is 18.9. The van der Waals surface area contributed by atoms with Gasteiger partial charge in [0.15, 0.2) is 0 Å². The van der Waals surface area contributed by atoms with Crippen molar-refractivity contribution in [1.29, 1.82) is 0 Å². The van der Waals surface area contributed by atoms with Crippen molar-refractivity contribution in [2.75, 3.05) is 32.7 Å². The van der Waals surface area contributed by atoms with E-state index in [2.05, 4.69) is 14.9 Å². The first-order chi connectivity index (χ1) is 15.2. The summed E-state index contributed by atoms with van der Waals surface area (Å²) in [6, 6.07) is 14.8. The topological polar surface area (TPSA) is 41.4 Å². The Bertz CT molecular complexity index is 1070. The van der Waals surface area contributed by atoms with E-state index in [9.17, 15) is 9.18 Å². The van der Waals surface area contributed by atoms with Crippen molar-refractivity contribution < 1.29 is 9.18 Å². The molecule has 1 unspecified atom stereocenters. The minimum atomic E-state index is -0.182. The van der Waals surface area contributed by atoms with Crippen LogP contribution in [0.1, 0.15) is 35.3 Å². The number of aromatic nitrogens is 2.